The highest BCUT2D eigenvalue weighted by Gasteiger charge is 2.55. The van der Waals surface area contributed by atoms with Gasteiger partial charge in [-0.3, -0.25) is 14.5 Å². The van der Waals surface area contributed by atoms with Gasteiger partial charge in [-0.1, -0.05) is 13.8 Å². The summed E-state index contributed by atoms with van der Waals surface area (Å²) in [6, 6.07) is -1.27. The van der Waals surface area contributed by atoms with Crippen molar-refractivity contribution in [1.29, 1.82) is 0 Å². The molecule has 0 unspecified atom stereocenters. The van der Waals surface area contributed by atoms with Crippen molar-refractivity contribution in [3.05, 3.63) is 0 Å². The summed E-state index contributed by atoms with van der Waals surface area (Å²) in [7, 11) is 0. The Balaban J connectivity index is 1.36. The zero-order chi connectivity index (χ0) is 20.8. The van der Waals surface area contributed by atoms with Crippen molar-refractivity contribution >= 4 is 23.8 Å². The molecule has 1 atom stereocenters. The summed E-state index contributed by atoms with van der Waals surface area (Å²) < 4.78 is 5.18. The van der Waals surface area contributed by atoms with Gasteiger partial charge in [0.15, 0.2) is 6.61 Å². The Morgan fingerprint density at radius 1 is 1.14 bits per heavy atom. The lowest BCUT2D eigenvalue weighted by Gasteiger charge is -2.55. The monoisotopic (exact) mass is 405 g/mol. The van der Waals surface area contributed by atoms with Crippen LogP contribution in [0.15, 0.2) is 0 Å². The van der Waals surface area contributed by atoms with Gasteiger partial charge in [0.1, 0.15) is 6.04 Å². The van der Waals surface area contributed by atoms with Crippen LogP contribution in [-0.4, -0.2) is 54.5 Å². The second-order valence-electron chi connectivity index (χ2n) is 9.78. The second-order valence-corrected chi connectivity index (χ2v) is 9.78. The van der Waals surface area contributed by atoms with Gasteiger partial charge in [-0.25, -0.2) is 9.59 Å². The van der Waals surface area contributed by atoms with Crippen molar-refractivity contribution in [2.45, 2.75) is 58.4 Å². The molecule has 160 valence electrons. The largest absolute Gasteiger partial charge is 0.454 e. The van der Waals surface area contributed by atoms with Gasteiger partial charge in [0.25, 0.3) is 5.91 Å². The van der Waals surface area contributed by atoms with E-state index in [0.717, 1.165) is 24.2 Å². The lowest BCUT2D eigenvalue weighted by atomic mass is 9.49. The molecule has 5 fully saturated rings. The van der Waals surface area contributed by atoms with Crippen LogP contribution in [0.25, 0.3) is 0 Å². The van der Waals surface area contributed by atoms with E-state index in [1.165, 1.54) is 19.3 Å². The molecule has 5 rings (SSSR count). The van der Waals surface area contributed by atoms with E-state index in [4.69, 9.17) is 4.74 Å². The maximum absolute atomic E-state index is 13.3. The smallest absolute Gasteiger partial charge is 0.329 e. The van der Waals surface area contributed by atoms with Crippen LogP contribution in [0.2, 0.25) is 0 Å². The van der Waals surface area contributed by atoms with Crippen molar-refractivity contribution in [3.63, 3.8) is 0 Å². The van der Waals surface area contributed by atoms with Gasteiger partial charge < -0.3 is 15.4 Å². The van der Waals surface area contributed by atoms with Gasteiger partial charge in [0, 0.05) is 18.5 Å². The van der Waals surface area contributed by atoms with Gasteiger partial charge >= 0.3 is 12.0 Å². The quantitative estimate of drug-likeness (QED) is 0.651. The molecular weight excluding hydrogens is 374 g/mol. The van der Waals surface area contributed by atoms with Crippen molar-refractivity contribution in [2.24, 2.45) is 29.1 Å². The lowest BCUT2D eigenvalue weighted by molar-refractivity contribution is -0.158. The summed E-state index contributed by atoms with van der Waals surface area (Å²) in [5.41, 5.74) is -0.342. The minimum absolute atomic E-state index is 0.0301. The number of hydrogen-bond acceptors (Lipinski definition) is 5. The third-order valence-electron chi connectivity index (χ3n) is 7.22. The number of imide groups is 1. The highest BCUT2D eigenvalue weighted by atomic mass is 16.5. The first kappa shape index (κ1) is 20.2. The number of hydrogen-bond donors (Lipinski definition) is 2. The Labute approximate surface area is 171 Å². The van der Waals surface area contributed by atoms with Gasteiger partial charge in [-0.15, -0.1) is 0 Å². The summed E-state index contributed by atoms with van der Waals surface area (Å²) in [5, 5.41) is 5.49. The first-order chi connectivity index (χ1) is 13.8. The van der Waals surface area contributed by atoms with Gasteiger partial charge in [0.05, 0.1) is 0 Å². The van der Waals surface area contributed by atoms with Crippen LogP contribution in [0.5, 0.6) is 0 Å². The Morgan fingerprint density at radius 2 is 1.72 bits per heavy atom. The molecular formula is C21H31N3O5. The summed E-state index contributed by atoms with van der Waals surface area (Å²) in [6.07, 6.45) is 6.50. The van der Waals surface area contributed by atoms with Crippen molar-refractivity contribution in [3.8, 4) is 0 Å². The molecule has 29 heavy (non-hydrogen) atoms. The number of nitrogens with zero attached hydrogens (tertiary/aromatic N) is 1. The number of ether oxygens (including phenoxy) is 1. The molecule has 4 bridgehead atoms. The number of urea groups is 1. The van der Waals surface area contributed by atoms with Crippen LogP contribution >= 0.6 is 0 Å². The fraction of sp³-hybridized carbons (Fsp3) is 0.810. The molecule has 0 spiro atoms. The average Bonchev–Trinajstić information content (AvgIpc) is 3.08. The summed E-state index contributed by atoms with van der Waals surface area (Å²) in [6.45, 7) is 3.87. The van der Waals surface area contributed by atoms with Crippen LogP contribution in [0.1, 0.15) is 52.4 Å². The van der Waals surface area contributed by atoms with E-state index >= 15 is 0 Å². The molecule has 0 aromatic rings. The second kappa shape index (κ2) is 7.61. The number of carbonyl (C=O) groups is 4. The Bertz CT molecular complexity index is 684. The first-order valence-corrected chi connectivity index (χ1v) is 10.8. The van der Waals surface area contributed by atoms with Crippen molar-refractivity contribution < 1.29 is 23.9 Å². The summed E-state index contributed by atoms with van der Waals surface area (Å²) in [4.78, 5) is 50.6. The molecule has 0 radical (unpaired) electrons. The summed E-state index contributed by atoms with van der Waals surface area (Å²) in [5.74, 6) is 0.555. The minimum Gasteiger partial charge on any atom is -0.454 e. The Kier molecular flexibility index (Phi) is 5.29. The van der Waals surface area contributed by atoms with Crippen LogP contribution in [0.4, 0.5) is 4.79 Å². The lowest BCUT2D eigenvalue weighted by Crippen LogP contribution is -2.57. The molecule has 4 amide bonds. The van der Waals surface area contributed by atoms with E-state index in [9.17, 15) is 19.2 Å². The van der Waals surface area contributed by atoms with E-state index < -0.39 is 30.6 Å². The molecule has 5 aliphatic rings. The molecule has 2 N–H and O–H groups in total. The van der Waals surface area contributed by atoms with Crippen LogP contribution in [0, 0.1) is 29.1 Å². The van der Waals surface area contributed by atoms with Crippen LogP contribution in [-0.2, 0) is 19.1 Å². The molecule has 1 saturated heterocycles. The number of rotatable bonds is 6. The molecule has 0 aromatic heterocycles. The average molecular weight is 405 g/mol. The predicted octanol–water partition coefficient (Wildman–Crippen LogP) is 1.44. The fourth-order valence-corrected chi connectivity index (χ4v) is 6.19. The third-order valence-corrected chi connectivity index (χ3v) is 7.22. The van der Waals surface area contributed by atoms with E-state index in [2.05, 4.69) is 10.6 Å². The molecule has 1 aliphatic heterocycles. The van der Waals surface area contributed by atoms with Crippen molar-refractivity contribution in [2.75, 3.05) is 19.7 Å². The third kappa shape index (κ3) is 3.85. The Hall–Kier alpha value is -2.12. The number of amides is 4. The molecule has 8 heteroatoms. The van der Waals surface area contributed by atoms with E-state index in [-0.39, 0.29) is 23.8 Å². The van der Waals surface area contributed by atoms with Crippen LogP contribution in [0.3, 0.4) is 0 Å². The summed E-state index contributed by atoms with van der Waals surface area (Å²) >= 11 is 0. The molecule has 1 heterocycles. The van der Waals surface area contributed by atoms with Crippen LogP contribution < -0.4 is 10.6 Å². The SMILES string of the molecule is CC(C)[C@@H](NC(=O)C12CC3CC(CC(C3)C1)C2)C(=O)OCC(=O)N1CCNC1=O. The fourth-order valence-electron chi connectivity index (χ4n) is 6.19. The number of carbonyl (C=O) groups excluding carboxylic acids is 4. The minimum atomic E-state index is -0.796. The standard InChI is InChI=1S/C21H31N3O5/c1-12(2)17(18(26)29-11-16(25)24-4-3-22-20(24)28)23-19(27)21-8-13-5-14(9-21)7-15(6-13)10-21/h12-15,17H,3-11H2,1-2H3,(H,22,28)(H,23,27)/t13?,14?,15?,17-,21?/m1/s1. The topological polar surface area (TPSA) is 105 Å². The van der Waals surface area contributed by atoms with Gasteiger partial charge in [0.2, 0.25) is 5.91 Å². The number of esters is 1. The molecule has 8 nitrogen and oxygen atoms in total. The predicted molar refractivity (Wildman–Crippen MR) is 103 cm³/mol. The van der Waals surface area contributed by atoms with Crippen molar-refractivity contribution in [1.82, 2.24) is 15.5 Å². The van der Waals surface area contributed by atoms with Gasteiger partial charge in [-0.05, 0) is 62.2 Å². The van der Waals surface area contributed by atoms with E-state index in [1.54, 1.807) is 0 Å². The maximum atomic E-state index is 13.3. The zero-order valence-corrected chi connectivity index (χ0v) is 17.2. The first-order valence-electron chi connectivity index (χ1n) is 10.8. The highest BCUT2D eigenvalue weighted by Crippen LogP contribution is 2.60. The number of nitrogens with one attached hydrogen (secondary N) is 2. The van der Waals surface area contributed by atoms with E-state index in [0.29, 0.717) is 24.3 Å². The molecule has 4 aliphatic carbocycles. The highest BCUT2D eigenvalue weighted by molar-refractivity contribution is 5.97. The molecule has 4 saturated carbocycles. The normalized spacial score (nSPS) is 33.6. The van der Waals surface area contributed by atoms with Gasteiger partial charge in [-0.2, -0.15) is 0 Å². The zero-order valence-electron chi connectivity index (χ0n) is 17.2. The molecule has 0 aromatic carbocycles. The van der Waals surface area contributed by atoms with E-state index in [1.807, 2.05) is 13.8 Å². The maximum Gasteiger partial charge on any atom is 0.329 e. The Morgan fingerprint density at radius 3 is 2.21 bits per heavy atom.